The number of ether oxygens (including phenoxy) is 2. The van der Waals surface area contributed by atoms with Crippen LogP contribution < -0.4 is 14.8 Å². The average molecular weight is 377 g/mol. The molecule has 1 atom stereocenters. The number of nitrogens with one attached hydrogen (secondary N) is 1. The number of nitriles is 1. The van der Waals surface area contributed by atoms with E-state index in [0.29, 0.717) is 31.0 Å². The number of likely N-dealkylation sites (tertiary alicyclic amines) is 1. The Bertz CT molecular complexity index is 906. The van der Waals surface area contributed by atoms with Crippen molar-refractivity contribution in [2.45, 2.75) is 25.3 Å². The normalized spacial score (nSPS) is 18.9. The first-order chi connectivity index (χ1) is 13.7. The molecule has 2 aliphatic heterocycles. The van der Waals surface area contributed by atoms with Crippen molar-refractivity contribution >= 4 is 11.6 Å². The third kappa shape index (κ3) is 3.95. The number of carbonyl (C=O) groups excluding carboxylic acids is 1. The molecular formula is C22H23N3O3. The quantitative estimate of drug-likeness (QED) is 0.883. The summed E-state index contributed by atoms with van der Waals surface area (Å²) in [5.74, 6) is 1.47. The predicted molar refractivity (Wildman–Crippen MR) is 105 cm³/mol. The maximum Gasteiger partial charge on any atom is 0.238 e. The summed E-state index contributed by atoms with van der Waals surface area (Å²) >= 11 is 0. The number of anilines is 1. The molecule has 6 heteroatoms. The molecule has 144 valence electrons. The lowest BCUT2D eigenvalue weighted by Crippen LogP contribution is -2.33. The standard InChI is InChI=1S/C22H23N3O3/c23-14-17-5-1-2-6-18(17)24-22(26)15-25-10-3-7-19(25)16-8-9-20-21(13-16)28-12-4-11-27-20/h1-2,5-6,8-9,13,19H,3-4,7,10-12,15H2,(H,24,26). The van der Waals surface area contributed by atoms with Gasteiger partial charge in [-0.2, -0.15) is 5.26 Å². The highest BCUT2D eigenvalue weighted by molar-refractivity contribution is 5.93. The highest BCUT2D eigenvalue weighted by Crippen LogP contribution is 2.37. The van der Waals surface area contributed by atoms with Gasteiger partial charge in [0.1, 0.15) is 6.07 Å². The molecule has 0 aliphatic carbocycles. The van der Waals surface area contributed by atoms with E-state index >= 15 is 0 Å². The number of para-hydroxylation sites is 1. The highest BCUT2D eigenvalue weighted by Gasteiger charge is 2.28. The van der Waals surface area contributed by atoms with E-state index in [4.69, 9.17) is 9.47 Å². The van der Waals surface area contributed by atoms with Gasteiger partial charge >= 0.3 is 0 Å². The molecule has 1 N–H and O–H groups in total. The van der Waals surface area contributed by atoms with E-state index in [0.717, 1.165) is 42.9 Å². The van der Waals surface area contributed by atoms with Crippen LogP contribution in [0.4, 0.5) is 5.69 Å². The van der Waals surface area contributed by atoms with Crippen LogP contribution in [0.25, 0.3) is 0 Å². The minimum absolute atomic E-state index is 0.107. The molecule has 1 fully saturated rings. The van der Waals surface area contributed by atoms with Gasteiger partial charge in [-0.3, -0.25) is 9.69 Å². The number of nitrogens with zero attached hydrogens (tertiary/aromatic N) is 2. The van der Waals surface area contributed by atoms with Gasteiger partial charge in [0.2, 0.25) is 5.91 Å². The second-order valence-electron chi connectivity index (χ2n) is 7.09. The van der Waals surface area contributed by atoms with E-state index in [2.05, 4.69) is 22.4 Å². The summed E-state index contributed by atoms with van der Waals surface area (Å²) in [6.07, 6.45) is 2.92. The smallest absolute Gasteiger partial charge is 0.238 e. The van der Waals surface area contributed by atoms with Gasteiger partial charge in [-0.05, 0) is 49.2 Å². The van der Waals surface area contributed by atoms with Crippen LogP contribution in [0.1, 0.15) is 36.4 Å². The van der Waals surface area contributed by atoms with Gasteiger partial charge in [0, 0.05) is 12.5 Å². The van der Waals surface area contributed by atoms with Crippen molar-refractivity contribution in [2.24, 2.45) is 0 Å². The van der Waals surface area contributed by atoms with E-state index in [1.54, 1.807) is 18.2 Å². The first kappa shape index (κ1) is 18.3. The topological polar surface area (TPSA) is 74.6 Å². The number of benzene rings is 2. The summed E-state index contributed by atoms with van der Waals surface area (Å²) in [6.45, 7) is 2.49. The first-order valence-electron chi connectivity index (χ1n) is 9.67. The number of hydrogen-bond donors (Lipinski definition) is 1. The molecule has 2 heterocycles. The first-order valence-corrected chi connectivity index (χ1v) is 9.67. The Kier molecular flexibility index (Phi) is 5.45. The zero-order valence-electron chi connectivity index (χ0n) is 15.7. The predicted octanol–water partition coefficient (Wildman–Crippen LogP) is 3.50. The van der Waals surface area contributed by atoms with Gasteiger partial charge in [-0.25, -0.2) is 0 Å². The van der Waals surface area contributed by atoms with Crippen LogP contribution >= 0.6 is 0 Å². The Morgan fingerprint density at radius 1 is 1.14 bits per heavy atom. The summed E-state index contributed by atoms with van der Waals surface area (Å²) < 4.78 is 11.5. The van der Waals surface area contributed by atoms with Gasteiger partial charge in [0.25, 0.3) is 0 Å². The number of rotatable bonds is 4. The molecule has 1 saturated heterocycles. The number of hydrogen-bond acceptors (Lipinski definition) is 5. The molecule has 4 rings (SSSR count). The van der Waals surface area contributed by atoms with Crippen molar-refractivity contribution in [3.05, 3.63) is 53.6 Å². The Morgan fingerprint density at radius 3 is 2.82 bits per heavy atom. The van der Waals surface area contributed by atoms with E-state index in [-0.39, 0.29) is 11.9 Å². The molecule has 0 spiro atoms. The zero-order chi connectivity index (χ0) is 19.3. The Balaban J connectivity index is 1.46. The monoisotopic (exact) mass is 377 g/mol. The summed E-state index contributed by atoms with van der Waals surface area (Å²) in [7, 11) is 0. The van der Waals surface area contributed by atoms with Gasteiger partial charge in [-0.15, -0.1) is 0 Å². The summed E-state index contributed by atoms with van der Waals surface area (Å²) in [5, 5.41) is 12.1. The van der Waals surface area contributed by atoms with Gasteiger partial charge in [-0.1, -0.05) is 18.2 Å². The van der Waals surface area contributed by atoms with Crippen LogP contribution in [0.15, 0.2) is 42.5 Å². The van der Waals surface area contributed by atoms with Crippen molar-refractivity contribution in [3.63, 3.8) is 0 Å². The molecule has 2 aromatic carbocycles. The molecule has 0 saturated carbocycles. The van der Waals surface area contributed by atoms with Crippen LogP contribution in [-0.2, 0) is 4.79 Å². The number of fused-ring (bicyclic) bond motifs is 1. The molecule has 1 amide bonds. The zero-order valence-corrected chi connectivity index (χ0v) is 15.7. The molecule has 1 unspecified atom stereocenters. The SMILES string of the molecule is N#Cc1ccccc1NC(=O)CN1CCCC1c1ccc2c(c1)OCCCO2. The van der Waals surface area contributed by atoms with Gasteiger partial charge < -0.3 is 14.8 Å². The largest absolute Gasteiger partial charge is 0.490 e. The number of carbonyl (C=O) groups is 1. The van der Waals surface area contributed by atoms with Crippen molar-refractivity contribution in [2.75, 3.05) is 31.6 Å². The molecular weight excluding hydrogens is 354 g/mol. The Morgan fingerprint density at radius 2 is 1.96 bits per heavy atom. The van der Waals surface area contributed by atoms with Crippen molar-refractivity contribution in [1.82, 2.24) is 4.90 Å². The average Bonchev–Trinajstić information content (AvgIpc) is 3.03. The second-order valence-corrected chi connectivity index (χ2v) is 7.09. The molecule has 0 bridgehead atoms. The fourth-order valence-corrected chi connectivity index (χ4v) is 3.84. The fourth-order valence-electron chi connectivity index (χ4n) is 3.84. The Hall–Kier alpha value is -3.04. The summed E-state index contributed by atoms with van der Waals surface area (Å²) in [6, 6.07) is 15.4. The maximum absolute atomic E-state index is 12.6. The maximum atomic E-state index is 12.6. The molecule has 6 nitrogen and oxygen atoms in total. The Labute approximate surface area is 164 Å². The highest BCUT2D eigenvalue weighted by atomic mass is 16.5. The minimum atomic E-state index is -0.107. The van der Waals surface area contributed by atoms with Crippen LogP contribution in [0.3, 0.4) is 0 Å². The molecule has 0 radical (unpaired) electrons. The third-order valence-corrected chi connectivity index (χ3v) is 5.19. The van der Waals surface area contributed by atoms with E-state index in [1.165, 1.54) is 0 Å². The third-order valence-electron chi connectivity index (χ3n) is 5.19. The minimum Gasteiger partial charge on any atom is -0.490 e. The summed E-state index contributed by atoms with van der Waals surface area (Å²) in [5.41, 5.74) is 2.17. The van der Waals surface area contributed by atoms with Gasteiger partial charge in [0.15, 0.2) is 11.5 Å². The molecule has 2 aromatic rings. The molecule has 2 aliphatic rings. The van der Waals surface area contributed by atoms with Crippen molar-refractivity contribution in [1.29, 1.82) is 5.26 Å². The van der Waals surface area contributed by atoms with Crippen molar-refractivity contribution < 1.29 is 14.3 Å². The summed E-state index contributed by atoms with van der Waals surface area (Å²) in [4.78, 5) is 14.8. The lowest BCUT2D eigenvalue weighted by molar-refractivity contribution is -0.117. The second kappa shape index (κ2) is 8.32. The lowest BCUT2D eigenvalue weighted by Gasteiger charge is -2.25. The molecule has 28 heavy (non-hydrogen) atoms. The lowest BCUT2D eigenvalue weighted by atomic mass is 10.0. The van der Waals surface area contributed by atoms with Gasteiger partial charge in [0.05, 0.1) is 31.0 Å². The van der Waals surface area contributed by atoms with Crippen molar-refractivity contribution in [3.8, 4) is 17.6 Å². The number of amides is 1. The van der Waals surface area contributed by atoms with Crippen LogP contribution in [0, 0.1) is 11.3 Å². The molecule has 0 aromatic heterocycles. The fraction of sp³-hybridized carbons (Fsp3) is 0.364. The van der Waals surface area contributed by atoms with Crippen LogP contribution in [-0.4, -0.2) is 37.1 Å². The van der Waals surface area contributed by atoms with E-state index in [9.17, 15) is 10.1 Å². The van der Waals surface area contributed by atoms with E-state index < -0.39 is 0 Å². The van der Waals surface area contributed by atoms with E-state index in [1.807, 2.05) is 18.2 Å². The van der Waals surface area contributed by atoms with Crippen LogP contribution in [0.2, 0.25) is 0 Å². The van der Waals surface area contributed by atoms with Crippen LogP contribution in [0.5, 0.6) is 11.5 Å².